The highest BCUT2D eigenvalue weighted by Gasteiger charge is 2.24. The second-order valence-electron chi connectivity index (χ2n) is 1.74. The van der Waals surface area contributed by atoms with Gasteiger partial charge in [0, 0.05) is 0 Å². The van der Waals surface area contributed by atoms with E-state index in [-0.39, 0.29) is 0 Å². The van der Waals surface area contributed by atoms with Crippen LogP contribution >= 0.6 is 0 Å². The molecule has 0 aromatic carbocycles. The molecule has 68 valence electrons. The molecule has 0 spiro atoms. The Bertz CT molecular complexity index is 208. The number of hydrogen-bond acceptors (Lipinski definition) is 5. The Balaban J connectivity index is 3.88. The Labute approximate surface area is 66.2 Å². The lowest BCUT2D eigenvalue weighted by molar-refractivity contribution is -0.169. The summed E-state index contributed by atoms with van der Waals surface area (Å²) in [7, 11) is 0. The van der Waals surface area contributed by atoms with Crippen LogP contribution in [0.2, 0.25) is 0 Å². The molecule has 1 atom stereocenters. The number of carbonyl (C=O) groups is 3. The first-order valence-corrected chi connectivity index (χ1v) is 2.74. The maximum Gasteiger partial charge on any atom is 0.347 e. The number of rotatable bonds is 4. The molecular formula is C5H6O7. The van der Waals surface area contributed by atoms with Gasteiger partial charge in [-0.3, -0.25) is 0 Å². The predicted molar refractivity (Wildman–Crippen MR) is 32.2 cm³/mol. The number of carboxylic acids is 2. The van der Waals surface area contributed by atoms with Crippen molar-refractivity contribution in [3.8, 4) is 0 Å². The number of esters is 1. The molecular weight excluding hydrogens is 172 g/mol. The summed E-state index contributed by atoms with van der Waals surface area (Å²) >= 11 is 0. The van der Waals surface area contributed by atoms with E-state index in [1.165, 1.54) is 0 Å². The Morgan fingerprint density at radius 3 is 2.08 bits per heavy atom. The zero-order valence-corrected chi connectivity index (χ0v) is 5.76. The third-order valence-corrected chi connectivity index (χ3v) is 0.795. The minimum atomic E-state index is -2.33. The number of aliphatic hydroxyl groups excluding tert-OH is 1. The van der Waals surface area contributed by atoms with Gasteiger partial charge < -0.3 is 20.1 Å². The van der Waals surface area contributed by atoms with E-state index in [1.54, 1.807) is 0 Å². The summed E-state index contributed by atoms with van der Waals surface area (Å²) in [4.78, 5) is 30.0. The number of hydrogen-bond donors (Lipinski definition) is 3. The van der Waals surface area contributed by atoms with Gasteiger partial charge in [-0.2, -0.15) is 0 Å². The van der Waals surface area contributed by atoms with E-state index in [4.69, 9.17) is 15.3 Å². The van der Waals surface area contributed by atoms with E-state index in [1.807, 2.05) is 0 Å². The van der Waals surface area contributed by atoms with Gasteiger partial charge in [0.05, 0.1) is 0 Å². The van der Waals surface area contributed by atoms with Crippen LogP contribution in [0.1, 0.15) is 0 Å². The molecule has 0 aliphatic heterocycles. The van der Waals surface area contributed by atoms with Crippen molar-refractivity contribution in [1.82, 2.24) is 0 Å². The average Bonchev–Trinajstić information content (AvgIpc) is 1.98. The molecule has 0 amide bonds. The lowest BCUT2D eigenvalue weighted by Crippen LogP contribution is -2.32. The molecule has 0 rings (SSSR count). The van der Waals surface area contributed by atoms with Crippen molar-refractivity contribution < 1.29 is 34.4 Å². The molecule has 7 nitrogen and oxygen atoms in total. The van der Waals surface area contributed by atoms with Gasteiger partial charge in [0.1, 0.15) is 0 Å². The molecule has 0 aromatic rings. The van der Waals surface area contributed by atoms with Gasteiger partial charge in [-0.05, 0) is 0 Å². The number of carbonyl (C=O) groups excluding carboxylic acids is 1. The van der Waals surface area contributed by atoms with Crippen LogP contribution in [-0.2, 0) is 19.1 Å². The molecule has 0 fully saturated rings. The standard InChI is InChI=1S/C5H6O7/c6-2(7)1-12-5(11)3(8)4(9)10/h3,8H,1H2,(H,6,7)(H,9,10). The molecule has 12 heavy (non-hydrogen) atoms. The maximum absolute atomic E-state index is 10.4. The van der Waals surface area contributed by atoms with Crippen molar-refractivity contribution >= 4 is 17.9 Å². The molecule has 0 aliphatic carbocycles. The van der Waals surface area contributed by atoms with Crippen LogP contribution in [0.3, 0.4) is 0 Å². The summed E-state index contributed by atoms with van der Waals surface area (Å²) in [5, 5.41) is 24.4. The van der Waals surface area contributed by atoms with Crippen LogP contribution in [0.15, 0.2) is 0 Å². The molecule has 0 heterocycles. The summed E-state index contributed by atoms with van der Waals surface area (Å²) in [5.74, 6) is -4.71. The zero-order valence-electron chi connectivity index (χ0n) is 5.76. The average molecular weight is 178 g/mol. The lowest BCUT2D eigenvalue weighted by atomic mass is 10.4. The number of carboxylic acid groups (broad SMARTS) is 2. The van der Waals surface area contributed by atoms with E-state index in [0.717, 1.165) is 0 Å². The van der Waals surface area contributed by atoms with Crippen LogP contribution in [-0.4, -0.2) is 45.9 Å². The van der Waals surface area contributed by atoms with Crippen molar-refractivity contribution in [3.05, 3.63) is 0 Å². The van der Waals surface area contributed by atoms with E-state index in [0.29, 0.717) is 0 Å². The number of ether oxygens (including phenoxy) is 1. The van der Waals surface area contributed by atoms with Crippen LogP contribution in [0.4, 0.5) is 0 Å². The Kier molecular flexibility index (Phi) is 3.71. The minimum absolute atomic E-state index is 0.969. The predicted octanol–water partition coefficient (Wildman–Crippen LogP) is -1.94. The molecule has 1 unspecified atom stereocenters. The van der Waals surface area contributed by atoms with Crippen LogP contribution in [0.25, 0.3) is 0 Å². The first-order chi connectivity index (χ1) is 5.45. The Morgan fingerprint density at radius 1 is 1.25 bits per heavy atom. The smallest absolute Gasteiger partial charge is 0.347 e. The zero-order chi connectivity index (χ0) is 9.72. The highest BCUT2D eigenvalue weighted by atomic mass is 16.6. The van der Waals surface area contributed by atoms with E-state index < -0.39 is 30.6 Å². The summed E-state index contributed by atoms with van der Waals surface area (Å²) in [6.07, 6.45) is -2.33. The number of aliphatic hydroxyl groups is 1. The molecule has 0 saturated heterocycles. The van der Waals surface area contributed by atoms with Gasteiger partial charge in [-0.15, -0.1) is 0 Å². The summed E-state index contributed by atoms with van der Waals surface area (Å²) in [6.45, 7) is -0.969. The van der Waals surface area contributed by atoms with Gasteiger partial charge in [0.25, 0.3) is 0 Å². The third-order valence-electron chi connectivity index (χ3n) is 0.795. The topological polar surface area (TPSA) is 121 Å². The van der Waals surface area contributed by atoms with E-state index in [9.17, 15) is 14.4 Å². The lowest BCUT2D eigenvalue weighted by Gasteiger charge is -2.03. The highest BCUT2D eigenvalue weighted by Crippen LogP contribution is 1.88. The van der Waals surface area contributed by atoms with Gasteiger partial charge in [0.15, 0.2) is 6.61 Å². The van der Waals surface area contributed by atoms with Crippen molar-refractivity contribution in [3.63, 3.8) is 0 Å². The van der Waals surface area contributed by atoms with Crippen LogP contribution in [0, 0.1) is 0 Å². The third kappa shape index (κ3) is 3.52. The maximum atomic E-state index is 10.4. The van der Waals surface area contributed by atoms with Crippen LogP contribution < -0.4 is 0 Å². The highest BCUT2D eigenvalue weighted by molar-refractivity contribution is 5.97. The second-order valence-corrected chi connectivity index (χ2v) is 1.74. The quantitative estimate of drug-likeness (QED) is 0.338. The van der Waals surface area contributed by atoms with Gasteiger partial charge >= 0.3 is 17.9 Å². The van der Waals surface area contributed by atoms with Crippen molar-refractivity contribution in [2.45, 2.75) is 6.10 Å². The van der Waals surface area contributed by atoms with E-state index in [2.05, 4.69) is 4.74 Å². The first-order valence-electron chi connectivity index (χ1n) is 2.74. The Hall–Kier alpha value is -1.63. The fourth-order valence-corrected chi connectivity index (χ4v) is 0.313. The molecule has 0 bridgehead atoms. The minimum Gasteiger partial charge on any atom is -0.479 e. The summed E-state index contributed by atoms with van der Waals surface area (Å²) < 4.78 is 3.86. The molecule has 3 N–H and O–H groups in total. The molecule has 0 radical (unpaired) electrons. The fraction of sp³-hybridized carbons (Fsp3) is 0.400. The first kappa shape index (κ1) is 10.4. The monoisotopic (exact) mass is 178 g/mol. The summed E-state index contributed by atoms with van der Waals surface area (Å²) in [6, 6.07) is 0. The normalized spacial score (nSPS) is 11.8. The van der Waals surface area contributed by atoms with E-state index >= 15 is 0 Å². The Morgan fingerprint density at radius 2 is 1.75 bits per heavy atom. The van der Waals surface area contributed by atoms with Crippen molar-refractivity contribution in [1.29, 1.82) is 0 Å². The largest absolute Gasteiger partial charge is 0.479 e. The van der Waals surface area contributed by atoms with Crippen molar-refractivity contribution in [2.24, 2.45) is 0 Å². The SMILES string of the molecule is O=C(O)COC(=O)C(O)C(=O)O. The molecule has 0 aliphatic rings. The molecule has 0 saturated carbocycles. The number of aliphatic carboxylic acids is 2. The van der Waals surface area contributed by atoms with Gasteiger partial charge in [-0.1, -0.05) is 0 Å². The molecule has 7 heteroatoms. The van der Waals surface area contributed by atoms with Gasteiger partial charge in [-0.25, -0.2) is 14.4 Å². The summed E-state index contributed by atoms with van der Waals surface area (Å²) in [5.41, 5.74) is 0. The molecule has 0 aromatic heterocycles. The fourth-order valence-electron chi connectivity index (χ4n) is 0.313. The second kappa shape index (κ2) is 4.29. The van der Waals surface area contributed by atoms with Crippen LogP contribution in [0.5, 0.6) is 0 Å². The van der Waals surface area contributed by atoms with Crippen molar-refractivity contribution in [2.75, 3.05) is 6.61 Å². The van der Waals surface area contributed by atoms with Gasteiger partial charge in [0.2, 0.25) is 6.10 Å².